The van der Waals surface area contributed by atoms with Crippen LogP contribution in [-0.4, -0.2) is 51.6 Å². The molecule has 3 aromatic rings. The molecule has 1 amide bonds. The van der Waals surface area contributed by atoms with Crippen molar-refractivity contribution in [1.29, 1.82) is 0 Å². The van der Waals surface area contributed by atoms with E-state index in [2.05, 4.69) is 20.3 Å². The van der Waals surface area contributed by atoms with Crippen LogP contribution in [0.15, 0.2) is 30.5 Å². The van der Waals surface area contributed by atoms with Gasteiger partial charge >= 0.3 is 6.18 Å². The molecule has 2 aromatic heterocycles. The van der Waals surface area contributed by atoms with Crippen molar-refractivity contribution in [2.24, 2.45) is 0 Å². The van der Waals surface area contributed by atoms with Crippen molar-refractivity contribution in [3.05, 3.63) is 58.9 Å². The average molecular weight is 556 g/mol. The van der Waals surface area contributed by atoms with Gasteiger partial charge in [0, 0.05) is 31.0 Å². The maximum absolute atomic E-state index is 14.8. The first-order valence-corrected chi connectivity index (χ1v) is 12.2. The number of nitrogens with one attached hydrogen (secondary N) is 1. The number of fused-ring (bicyclic) bond motifs is 1. The molecule has 210 valence electrons. The number of amides is 1. The summed E-state index contributed by atoms with van der Waals surface area (Å²) in [6.45, 7) is 3.44. The van der Waals surface area contributed by atoms with E-state index in [1.807, 2.05) is 0 Å². The molecule has 13 heteroatoms. The predicted molar refractivity (Wildman–Crippen MR) is 131 cm³/mol. The van der Waals surface area contributed by atoms with Crippen LogP contribution in [0.5, 0.6) is 0 Å². The standard InChI is InChI=1S/C26H27F6N5O2/c1-14(17-5-4-6-18(22(17)27)23(28)29)34-24-19-11-21(33-12-20(19)35-15(2)36-24)25(39-13-26(30,31)32)7-9-37(10-8-25)16(3)38/h4-6,11-12,14,23H,7-10,13H2,1-3H3,(H,34,35,36). The summed E-state index contributed by atoms with van der Waals surface area (Å²) in [6, 6.07) is 4.45. The number of carbonyl (C=O) groups excluding carboxylic acids is 1. The number of ether oxygens (including phenoxy) is 1. The number of piperidine rings is 1. The average Bonchev–Trinajstić information content (AvgIpc) is 2.87. The number of aryl methyl sites for hydroxylation is 1. The largest absolute Gasteiger partial charge is 0.411 e. The van der Waals surface area contributed by atoms with Gasteiger partial charge in [0.1, 0.15) is 29.7 Å². The van der Waals surface area contributed by atoms with Crippen LogP contribution < -0.4 is 5.32 Å². The minimum absolute atomic E-state index is 0.00641. The second kappa shape index (κ2) is 10.9. The first-order valence-electron chi connectivity index (χ1n) is 12.2. The van der Waals surface area contributed by atoms with E-state index in [1.165, 1.54) is 36.2 Å². The number of anilines is 1. The molecular formula is C26H27F6N5O2. The Morgan fingerprint density at radius 1 is 1.18 bits per heavy atom. The topological polar surface area (TPSA) is 80.2 Å². The summed E-state index contributed by atoms with van der Waals surface area (Å²) in [5.41, 5.74) is -1.59. The highest BCUT2D eigenvalue weighted by Gasteiger charge is 2.43. The van der Waals surface area contributed by atoms with Crippen LogP contribution in [0, 0.1) is 12.7 Å². The van der Waals surface area contributed by atoms with Crippen LogP contribution in [0.1, 0.15) is 61.8 Å². The molecule has 1 saturated heterocycles. The molecule has 3 heterocycles. The van der Waals surface area contributed by atoms with Crippen molar-refractivity contribution in [2.45, 2.75) is 57.9 Å². The lowest BCUT2D eigenvalue weighted by molar-refractivity contribution is -0.217. The highest BCUT2D eigenvalue weighted by molar-refractivity contribution is 5.89. The van der Waals surface area contributed by atoms with Crippen molar-refractivity contribution < 1.29 is 35.9 Å². The third kappa shape index (κ3) is 6.23. The number of hydrogen-bond donors (Lipinski definition) is 1. The highest BCUT2D eigenvalue weighted by Crippen LogP contribution is 2.39. The minimum atomic E-state index is -4.58. The molecule has 1 N–H and O–H groups in total. The van der Waals surface area contributed by atoms with Gasteiger partial charge in [-0.2, -0.15) is 13.2 Å². The third-order valence-corrected chi connectivity index (χ3v) is 6.80. The Morgan fingerprint density at radius 2 is 1.85 bits per heavy atom. The van der Waals surface area contributed by atoms with Crippen molar-refractivity contribution >= 4 is 22.6 Å². The maximum atomic E-state index is 14.8. The first kappa shape index (κ1) is 28.5. The van der Waals surface area contributed by atoms with Crippen molar-refractivity contribution in [2.75, 3.05) is 25.0 Å². The van der Waals surface area contributed by atoms with E-state index in [4.69, 9.17) is 4.74 Å². The molecule has 1 unspecified atom stereocenters. The van der Waals surface area contributed by atoms with Gasteiger partial charge in [-0.25, -0.2) is 23.1 Å². The summed E-state index contributed by atoms with van der Waals surface area (Å²) in [7, 11) is 0. The molecule has 39 heavy (non-hydrogen) atoms. The van der Waals surface area contributed by atoms with Gasteiger partial charge in [-0.15, -0.1) is 0 Å². The number of rotatable bonds is 7. The first-order chi connectivity index (χ1) is 18.3. The van der Waals surface area contributed by atoms with E-state index in [1.54, 1.807) is 13.8 Å². The molecule has 1 aliphatic heterocycles. The van der Waals surface area contributed by atoms with Gasteiger partial charge in [-0.05, 0) is 32.8 Å². The Hall–Kier alpha value is -3.48. The van der Waals surface area contributed by atoms with Crippen LogP contribution >= 0.6 is 0 Å². The van der Waals surface area contributed by atoms with E-state index in [9.17, 15) is 31.1 Å². The van der Waals surface area contributed by atoms with Crippen molar-refractivity contribution in [1.82, 2.24) is 19.9 Å². The van der Waals surface area contributed by atoms with Crippen molar-refractivity contribution in [3.63, 3.8) is 0 Å². The van der Waals surface area contributed by atoms with Crippen LogP contribution in [0.25, 0.3) is 10.9 Å². The van der Waals surface area contributed by atoms with Crippen LogP contribution in [-0.2, 0) is 15.1 Å². The Labute approximate surface area is 220 Å². The van der Waals surface area contributed by atoms with E-state index in [-0.39, 0.29) is 48.9 Å². The zero-order chi connectivity index (χ0) is 28.5. The van der Waals surface area contributed by atoms with Gasteiger partial charge in [-0.1, -0.05) is 18.2 Å². The molecule has 7 nitrogen and oxygen atoms in total. The maximum Gasteiger partial charge on any atom is 0.411 e. The molecule has 4 rings (SSSR count). The summed E-state index contributed by atoms with van der Waals surface area (Å²) in [4.78, 5) is 26.5. The van der Waals surface area contributed by atoms with Crippen LogP contribution in [0.3, 0.4) is 0 Å². The molecule has 0 spiro atoms. The molecule has 1 aromatic carbocycles. The Kier molecular flexibility index (Phi) is 8.01. The van der Waals surface area contributed by atoms with E-state index in [0.29, 0.717) is 16.7 Å². The molecule has 1 aliphatic rings. The van der Waals surface area contributed by atoms with Crippen LogP contribution in [0.2, 0.25) is 0 Å². The quantitative estimate of drug-likeness (QED) is 0.361. The molecular weight excluding hydrogens is 528 g/mol. The summed E-state index contributed by atoms with van der Waals surface area (Å²) < 4.78 is 86.2. The molecule has 1 atom stereocenters. The summed E-state index contributed by atoms with van der Waals surface area (Å²) >= 11 is 0. The second-order valence-corrected chi connectivity index (χ2v) is 9.53. The van der Waals surface area contributed by atoms with Gasteiger partial charge in [-0.3, -0.25) is 9.78 Å². The Morgan fingerprint density at radius 3 is 2.46 bits per heavy atom. The fourth-order valence-corrected chi connectivity index (χ4v) is 4.74. The number of nitrogens with zero attached hydrogens (tertiary/aromatic N) is 4. The van der Waals surface area contributed by atoms with Gasteiger partial charge < -0.3 is 15.0 Å². The van der Waals surface area contributed by atoms with E-state index in [0.717, 1.165) is 6.07 Å². The highest BCUT2D eigenvalue weighted by atomic mass is 19.4. The SMILES string of the molecule is CC(=O)N1CCC(OCC(F)(F)F)(c2cc3c(NC(C)c4cccc(C(F)F)c4F)nc(C)nc3cn2)CC1. The lowest BCUT2D eigenvalue weighted by Gasteiger charge is -2.41. The molecule has 0 saturated carbocycles. The second-order valence-electron chi connectivity index (χ2n) is 9.53. The summed E-state index contributed by atoms with van der Waals surface area (Å²) in [5, 5.41) is 3.41. The van der Waals surface area contributed by atoms with Gasteiger partial charge in [0.15, 0.2) is 0 Å². The zero-order valence-corrected chi connectivity index (χ0v) is 21.5. The molecule has 0 bridgehead atoms. The minimum Gasteiger partial charge on any atom is -0.363 e. The lowest BCUT2D eigenvalue weighted by atomic mass is 9.86. The lowest BCUT2D eigenvalue weighted by Crippen LogP contribution is -2.47. The fraction of sp³-hybridized carbons (Fsp3) is 0.462. The number of pyridine rings is 1. The van der Waals surface area contributed by atoms with E-state index >= 15 is 0 Å². The predicted octanol–water partition coefficient (Wildman–Crippen LogP) is 6.00. The zero-order valence-electron chi connectivity index (χ0n) is 21.5. The Bertz CT molecular complexity index is 1360. The van der Waals surface area contributed by atoms with Gasteiger partial charge in [0.05, 0.1) is 29.0 Å². The van der Waals surface area contributed by atoms with Crippen LogP contribution in [0.4, 0.5) is 32.2 Å². The number of alkyl halides is 5. The number of hydrogen-bond acceptors (Lipinski definition) is 6. The number of benzene rings is 1. The fourth-order valence-electron chi connectivity index (χ4n) is 4.74. The van der Waals surface area contributed by atoms with Gasteiger partial charge in [0.25, 0.3) is 6.43 Å². The Balaban J connectivity index is 1.74. The number of carbonyl (C=O) groups is 1. The summed E-state index contributed by atoms with van der Waals surface area (Å²) in [5.74, 6) is -0.672. The molecule has 0 radical (unpaired) electrons. The number of halogens is 6. The smallest absolute Gasteiger partial charge is 0.363 e. The third-order valence-electron chi connectivity index (χ3n) is 6.80. The van der Waals surface area contributed by atoms with E-state index < -0.39 is 42.2 Å². The number of aromatic nitrogens is 3. The molecule has 0 aliphatic carbocycles. The molecule has 1 fully saturated rings. The van der Waals surface area contributed by atoms with Gasteiger partial charge in [0.2, 0.25) is 5.91 Å². The van der Waals surface area contributed by atoms with Crippen molar-refractivity contribution in [3.8, 4) is 0 Å². The summed E-state index contributed by atoms with van der Waals surface area (Å²) in [6.07, 6.45) is -6.02. The number of likely N-dealkylation sites (tertiary alicyclic amines) is 1. The normalized spacial score (nSPS) is 16.5. The monoisotopic (exact) mass is 555 g/mol.